The lowest BCUT2D eigenvalue weighted by Crippen LogP contribution is -2.09. The highest BCUT2D eigenvalue weighted by Gasteiger charge is 2.15. The van der Waals surface area contributed by atoms with Crippen molar-refractivity contribution in [3.63, 3.8) is 0 Å². The lowest BCUT2D eigenvalue weighted by Gasteiger charge is -2.08. The van der Waals surface area contributed by atoms with Crippen LogP contribution in [0.5, 0.6) is 5.75 Å². The highest BCUT2D eigenvalue weighted by molar-refractivity contribution is 6.08. The smallest absolute Gasteiger partial charge is 0.209 e. The number of halogens is 1. The number of aromatic nitrogens is 1. The van der Waals surface area contributed by atoms with Crippen molar-refractivity contribution in [2.75, 3.05) is 7.11 Å². The molecule has 0 bridgehead atoms. The van der Waals surface area contributed by atoms with Gasteiger partial charge in [0.1, 0.15) is 11.6 Å². The molecule has 2 aromatic carbocycles. The molecule has 4 heteroatoms. The second-order valence-corrected chi connectivity index (χ2v) is 5.59. The summed E-state index contributed by atoms with van der Waals surface area (Å²) in [6, 6.07) is 17.3. The van der Waals surface area contributed by atoms with Crippen LogP contribution >= 0.6 is 0 Å². The van der Waals surface area contributed by atoms with Crippen molar-refractivity contribution in [3.8, 4) is 5.75 Å². The molecular formula is C20H18FNO2. The Bertz CT molecular complexity index is 866. The number of rotatable bonds is 5. The first kappa shape index (κ1) is 16.0. The molecule has 1 aromatic heterocycles. The van der Waals surface area contributed by atoms with E-state index in [1.54, 1.807) is 49.6 Å². The van der Waals surface area contributed by atoms with E-state index in [1.165, 1.54) is 6.07 Å². The lowest BCUT2D eigenvalue weighted by atomic mass is 10.1. The summed E-state index contributed by atoms with van der Waals surface area (Å²) >= 11 is 0. The van der Waals surface area contributed by atoms with Crippen molar-refractivity contribution in [3.05, 3.63) is 89.0 Å². The number of carbonyl (C=O) groups excluding carboxylic acids is 1. The maximum absolute atomic E-state index is 13.8. The first-order valence-corrected chi connectivity index (χ1v) is 7.67. The number of benzene rings is 2. The normalized spacial score (nSPS) is 10.6. The summed E-state index contributed by atoms with van der Waals surface area (Å²) in [6.07, 6.45) is 0.444. The van der Waals surface area contributed by atoms with Gasteiger partial charge in [-0.2, -0.15) is 0 Å². The summed E-state index contributed by atoms with van der Waals surface area (Å²) in [5, 5.41) is 0. The Balaban J connectivity index is 1.86. The molecular weight excluding hydrogens is 305 g/mol. The molecule has 3 aromatic rings. The predicted molar refractivity (Wildman–Crippen MR) is 91.0 cm³/mol. The van der Waals surface area contributed by atoms with Crippen molar-refractivity contribution in [1.82, 2.24) is 4.57 Å². The van der Waals surface area contributed by atoms with E-state index in [9.17, 15) is 9.18 Å². The minimum Gasteiger partial charge on any atom is -0.497 e. The van der Waals surface area contributed by atoms with Crippen LogP contribution in [0.4, 0.5) is 4.39 Å². The summed E-state index contributed by atoms with van der Waals surface area (Å²) in [4.78, 5) is 12.7. The van der Waals surface area contributed by atoms with Gasteiger partial charge in [0.2, 0.25) is 5.78 Å². The molecule has 3 nitrogen and oxygen atoms in total. The minimum atomic E-state index is -0.235. The molecule has 0 N–H and O–H groups in total. The third kappa shape index (κ3) is 3.08. The maximum atomic E-state index is 13.8. The fourth-order valence-corrected chi connectivity index (χ4v) is 2.69. The molecule has 0 saturated carbocycles. The van der Waals surface area contributed by atoms with Crippen molar-refractivity contribution >= 4 is 5.78 Å². The maximum Gasteiger partial charge on any atom is 0.209 e. The molecule has 0 spiro atoms. The van der Waals surface area contributed by atoms with E-state index >= 15 is 0 Å². The number of ether oxygens (including phenoxy) is 1. The molecule has 1 heterocycles. The molecule has 0 amide bonds. The Morgan fingerprint density at radius 1 is 1.04 bits per heavy atom. The van der Waals surface area contributed by atoms with Gasteiger partial charge in [-0.05, 0) is 48.0 Å². The van der Waals surface area contributed by atoms with E-state index in [2.05, 4.69) is 0 Å². The average molecular weight is 323 g/mol. The summed E-state index contributed by atoms with van der Waals surface area (Å²) in [6.45, 7) is 0. The Labute approximate surface area is 140 Å². The van der Waals surface area contributed by atoms with Crippen molar-refractivity contribution in [2.24, 2.45) is 7.05 Å². The monoisotopic (exact) mass is 323 g/mol. The van der Waals surface area contributed by atoms with E-state index in [1.807, 2.05) is 23.7 Å². The van der Waals surface area contributed by atoms with Crippen LogP contribution in [0.3, 0.4) is 0 Å². The van der Waals surface area contributed by atoms with Gasteiger partial charge in [0.15, 0.2) is 0 Å². The Morgan fingerprint density at radius 3 is 2.42 bits per heavy atom. The SMILES string of the molecule is COc1ccc(C(=O)c2ccc(Cc3ccccc3F)n2C)cc1. The van der Waals surface area contributed by atoms with Crippen LogP contribution in [0, 0.1) is 5.82 Å². The van der Waals surface area contributed by atoms with E-state index in [0.29, 0.717) is 29.0 Å². The lowest BCUT2D eigenvalue weighted by molar-refractivity contribution is 0.103. The van der Waals surface area contributed by atoms with E-state index in [0.717, 1.165) is 5.69 Å². The molecule has 0 saturated heterocycles. The van der Waals surface area contributed by atoms with Gasteiger partial charge < -0.3 is 9.30 Å². The van der Waals surface area contributed by atoms with E-state index in [-0.39, 0.29) is 11.6 Å². The second-order valence-electron chi connectivity index (χ2n) is 5.59. The van der Waals surface area contributed by atoms with Crippen LogP contribution in [-0.4, -0.2) is 17.5 Å². The van der Waals surface area contributed by atoms with Gasteiger partial charge in [-0.1, -0.05) is 18.2 Å². The second kappa shape index (κ2) is 6.71. The van der Waals surface area contributed by atoms with Crippen LogP contribution in [0.2, 0.25) is 0 Å². The fourth-order valence-electron chi connectivity index (χ4n) is 2.69. The molecule has 122 valence electrons. The van der Waals surface area contributed by atoms with E-state index in [4.69, 9.17) is 4.74 Å². The van der Waals surface area contributed by atoms with Crippen LogP contribution in [0.15, 0.2) is 60.7 Å². The van der Waals surface area contributed by atoms with Gasteiger partial charge in [0, 0.05) is 24.7 Å². The first-order valence-electron chi connectivity index (χ1n) is 7.67. The topological polar surface area (TPSA) is 31.2 Å². The number of hydrogen-bond acceptors (Lipinski definition) is 2. The van der Waals surface area contributed by atoms with Crippen LogP contribution in [-0.2, 0) is 13.5 Å². The number of hydrogen-bond donors (Lipinski definition) is 0. The van der Waals surface area contributed by atoms with Gasteiger partial charge in [-0.15, -0.1) is 0 Å². The molecule has 3 rings (SSSR count). The molecule has 0 unspecified atom stereocenters. The first-order chi connectivity index (χ1) is 11.6. The number of nitrogens with zero attached hydrogens (tertiary/aromatic N) is 1. The van der Waals surface area contributed by atoms with Gasteiger partial charge in [-0.3, -0.25) is 4.79 Å². The highest BCUT2D eigenvalue weighted by Crippen LogP contribution is 2.19. The molecule has 24 heavy (non-hydrogen) atoms. The van der Waals surface area contributed by atoms with E-state index < -0.39 is 0 Å². The molecule has 0 radical (unpaired) electrons. The largest absolute Gasteiger partial charge is 0.497 e. The number of methoxy groups -OCH3 is 1. The summed E-state index contributed by atoms with van der Waals surface area (Å²) < 4.78 is 20.7. The fraction of sp³-hybridized carbons (Fsp3) is 0.150. The van der Waals surface area contributed by atoms with Gasteiger partial charge in [0.05, 0.1) is 12.8 Å². The van der Waals surface area contributed by atoms with Crippen molar-refractivity contribution < 1.29 is 13.9 Å². The predicted octanol–water partition coefficient (Wildman–Crippen LogP) is 3.99. The molecule has 0 atom stereocenters. The number of carbonyl (C=O) groups is 1. The zero-order valence-electron chi connectivity index (χ0n) is 13.6. The summed E-state index contributed by atoms with van der Waals surface area (Å²) in [5.41, 5.74) is 2.67. The Kier molecular flexibility index (Phi) is 4.47. The van der Waals surface area contributed by atoms with Crippen LogP contribution < -0.4 is 4.74 Å². The third-order valence-electron chi connectivity index (χ3n) is 4.14. The highest BCUT2D eigenvalue weighted by atomic mass is 19.1. The van der Waals surface area contributed by atoms with Crippen LogP contribution in [0.25, 0.3) is 0 Å². The zero-order valence-corrected chi connectivity index (χ0v) is 13.6. The number of ketones is 1. The Hall–Kier alpha value is -2.88. The average Bonchev–Trinajstić information content (AvgIpc) is 2.97. The van der Waals surface area contributed by atoms with Gasteiger partial charge in [0.25, 0.3) is 0 Å². The minimum absolute atomic E-state index is 0.0695. The van der Waals surface area contributed by atoms with Crippen LogP contribution in [0.1, 0.15) is 27.3 Å². The Morgan fingerprint density at radius 2 is 1.75 bits per heavy atom. The zero-order chi connectivity index (χ0) is 17.1. The van der Waals surface area contributed by atoms with Crippen molar-refractivity contribution in [2.45, 2.75) is 6.42 Å². The summed E-state index contributed by atoms with van der Waals surface area (Å²) in [5.74, 6) is 0.403. The standard InChI is InChI=1S/C20H18FNO2/c1-22-16(13-15-5-3-4-6-18(15)21)9-12-19(22)20(23)14-7-10-17(24-2)11-8-14/h3-12H,13H2,1-2H3. The van der Waals surface area contributed by atoms with Crippen molar-refractivity contribution in [1.29, 1.82) is 0 Å². The quantitative estimate of drug-likeness (QED) is 0.665. The van der Waals surface area contributed by atoms with Gasteiger partial charge >= 0.3 is 0 Å². The molecule has 0 aliphatic rings. The third-order valence-corrected chi connectivity index (χ3v) is 4.14. The van der Waals surface area contributed by atoms with Gasteiger partial charge in [-0.25, -0.2) is 4.39 Å². The molecule has 0 aliphatic heterocycles. The molecule has 0 fully saturated rings. The summed E-state index contributed by atoms with van der Waals surface area (Å²) in [7, 11) is 3.41. The molecule has 0 aliphatic carbocycles.